The van der Waals surface area contributed by atoms with E-state index in [2.05, 4.69) is 39.1 Å². The van der Waals surface area contributed by atoms with Crippen LogP contribution in [0.3, 0.4) is 0 Å². The van der Waals surface area contributed by atoms with Crippen LogP contribution in [0.5, 0.6) is 0 Å². The number of aromatic nitrogens is 2. The van der Waals surface area contributed by atoms with Gasteiger partial charge in [-0.15, -0.1) is 0 Å². The third-order valence-electron chi connectivity index (χ3n) is 3.44. The van der Waals surface area contributed by atoms with E-state index in [9.17, 15) is 0 Å². The number of benzene rings is 1. The Balaban J connectivity index is 1.96. The Labute approximate surface area is 101 Å². The van der Waals surface area contributed by atoms with Crippen LogP contribution in [-0.2, 0) is 0 Å². The molecule has 0 spiro atoms. The third kappa shape index (κ3) is 1.98. The Bertz CT molecular complexity index is 510. The second-order valence-electron chi connectivity index (χ2n) is 4.59. The van der Waals surface area contributed by atoms with E-state index in [-0.39, 0.29) is 0 Å². The molecule has 0 saturated carbocycles. The van der Waals surface area contributed by atoms with Gasteiger partial charge in [0.25, 0.3) is 0 Å². The van der Waals surface area contributed by atoms with E-state index in [0.29, 0.717) is 6.04 Å². The fourth-order valence-electron chi connectivity index (χ4n) is 2.51. The summed E-state index contributed by atoms with van der Waals surface area (Å²) in [7, 11) is 0. The second kappa shape index (κ2) is 4.34. The Morgan fingerprint density at radius 2 is 2.35 bits per heavy atom. The van der Waals surface area contributed by atoms with Crippen molar-refractivity contribution in [3.8, 4) is 5.69 Å². The van der Waals surface area contributed by atoms with Gasteiger partial charge in [-0.05, 0) is 44.0 Å². The first kappa shape index (κ1) is 10.5. The maximum Gasteiger partial charge on any atom is 0.110 e. The maximum atomic E-state index is 4.27. The Morgan fingerprint density at radius 3 is 3.06 bits per heavy atom. The quantitative estimate of drug-likeness (QED) is 0.854. The van der Waals surface area contributed by atoms with Crippen LogP contribution in [0.2, 0.25) is 0 Å². The summed E-state index contributed by atoms with van der Waals surface area (Å²) in [4.78, 5) is 4.27. The minimum absolute atomic E-state index is 0.527. The molecule has 1 aliphatic rings. The Morgan fingerprint density at radius 1 is 1.41 bits per heavy atom. The largest absolute Gasteiger partial charge is 0.310 e. The highest BCUT2D eigenvalue weighted by molar-refractivity contribution is 5.38. The molecule has 1 aliphatic heterocycles. The van der Waals surface area contributed by atoms with Gasteiger partial charge < -0.3 is 9.88 Å². The van der Waals surface area contributed by atoms with Crippen LogP contribution < -0.4 is 5.32 Å². The van der Waals surface area contributed by atoms with Crippen LogP contribution in [0.1, 0.15) is 30.3 Å². The summed E-state index contributed by atoms with van der Waals surface area (Å²) in [5.74, 6) is 1.03. The van der Waals surface area contributed by atoms with E-state index >= 15 is 0 Å². The highest BCUT2D eigenvalue weighted by atomic mass is 15.1. The zero-order chi connectivity index (χ0) is 11.7. The highest BCUT2D eigenvalue weighted by Crippen LogP contribution is 2.24. The zero-order valence-corrected chi connectivity index (χ0v) is 10.1. The number of hydrogen-bond acceptors (Lipinski definition) is 2. The van der Waals surface area contributed by atoms with Gasteiger partial charge in [-0.2, -0.15) is 0 Å². The molecule has 1 N–H and O–H groups in total. The molecule has 0 amide bonds. The maximum absolute atomic E-state index is 4.27. The number of hydrogen-bond donors (Lipinski definition) is 1. The summed E-state index contributed by atoms with van der Waals surface area (Å²) in [6.07, 6.45) is 6.37. The predicted octanol–water partition coefficient (Wildman–Crippen LogP) is 2.61. The molecule has 1 saturated heterocycles. The summed E-state index contributed by atoms with van der Waals surface area (Å²) in [6.45, 7) is 3.17. The van der Waals surface area contributed by atoms with Gasteiger partial charge in [-0.3, -0.25) is 0 Å². The van der Waals surface area contributed by atoms with Crippen molar-refractivity contribution < 1.29 is 0 Å². The lowest BCUT2D eigenvalue weighted by atomic mass is 10.0. The molecule has 1 unspecified atom stereocenters. The molecule has 1 aromatic heterocycles. The fraction of sp³-hybridized carbons (Fsp3) is 0.357. The Kier molecular flexibility index (Phi) is 2.69. The minimum Gasteiger partial charge on any atom is -0.310 e. The average molecular weight is 227 g/mol. The zero-order valence-electron chi connectivity index (χ0n) is 10.1. The molecular weight excluding hydrogens is 210 g/mol. The molecule has 0 aliphatic carbocycles. The second-order valence-corrected chi connectivity index (χ2v) is 4.59. The summed E-state index contributed by atoms with van der Waals surface area (Å²) >= 11 is 0. The van der Waals surface area contributed by atoms with Crippen molar-refractivity contribution in [1.82, 2.24) is 14.9 Å². The van der Waals surface area contributed by atoms with E-state index in [1.165, 1.54) is 24.1 Å². The monoisotopic (exact) mass is 227 g/mol. The van der Waals surface area contributed by atoms with Crippen LogP contribution in [0.25, 0.3) is 5.69 Å². The number of aryl methyl sites for hydroxylation is 1. The molecule has 1 fully saturated rings. The first-order valence-corrected chi connectivity index (χ1v) is 6.18. The standard InChI is InChI=1S/C14H17N3/c1-11-15-8-9-17(11)13-5-2-4-12(10-13)14-6-3-7-16-14/h2,4-5,8-10,14,16H,3,6-7H2,1H3. The van der Waals surface area contributed by atoms with Gasteiger partial charge in [0.15, 0.2) is 0 Å². The average Bonchev–Trinajstić information content (AvgIpc) is 2.99. The summed E-state index contributed by atoms with van der Waals surface area (Å²) < 4.78 is 2.12. The third-order valence-corrected chi connectivity index (χ3v) is 3.44. The smallest absolute Gasteiger partial charge is 0.110 e. The number of rotatable bonds is 2. The van der Waals surface area contributed by atoms with E-state index in [0.717, 1.165) is 12.4 Å². The molecule has 1 atom stereocenters. The SMILES string of the molecule is Cc1nccn1-c1cccc(C2CCCN2)c1. The summed E-state index contributed by atoms with van der Waals surface area (Å²) in [5.41, 5.74) is 2.58. The van der Waals surface area contributed by atoms with Crippen LogP contribution >= 0.6 is 0 Å². The van der Waals surface area contributed by atoms with Gasteiger partial charge >= 0.3 is 0 Å². The lowest BCUT2D eigenvalue weighted by molar-refractivity contribution is 0.647. The topological polar surface area (TPSA) is 29.9 Å². The fourth-order valence-corrected chi connectivity index (χ4v) is 2.51. The van der Waals surface area contributed by atoms with Gasteiger partial charge in [-0.1, -0.05) is 12.1 Å². The van der Waals surface area contributed by atoms with Gasteiger partial charge in [-0.25, -0.2) is 4.98 Å². The van der Waals surface area contributed by atoms with Crippen molar-refractivity contribution in [1.29, 1.82) is 0 Å². The Hall–Kier alpha value is -1.61. The van der Waals surface area contributed by atoms with Gasteiger partial charge in [0, 0.05) is 24.1 Å². The molecule has 3 rings (SSSR count). The lowest BCUT2D eigenvalue weighted by Gasteiger charge is -2.13. The van der Waals surface area contributed by atoms with Crippen molar-refractivity contribution in [2.75, 3.05) is 6.54 Å². The van der Waals surface area contributed by atoms with E-state index in [1.807, 2.05) is 19.3 Å². The molecule has 0 bridgehead atoms. The molecule has 2 aromatic rings. The number of nitrogens with zero attached hydrogens (tertiary/aromatic N) is 2. The molecule has 88 valence electrons. The van der Waals surface area contributed by atoms with E-state index in [4.69, 9.17) is 0 Å². The van der Waals surface area contributed by atoms with Crippen LogP contribution in [0.15, 0.2) is 36.7 Å². The molecule has 1 aromatic carbocycles. The van der Waals surface area contributed by atoms with E-state index < -0.39 is 0 Å². The van der Waals surface area contributed by atoms with Gasteiger partial charge in [0.05, 0.1) is 0 Å². The molecule has 2 heterocycles. The number of imidazole rings is 1. The highest BCUT2D eigenvalue weighted by Gasteiger charge is 2.16. The molecular formula is C14H17N3. The predicted molar refractivity (Wildman–Crippen MR) is 68.3 cm³/mol. The van der Waals surface area contributed by atoms with Crippen molar-refractivity contribution in [2.24, 2.45) is 0 Å². The first-order valence-electron chi connectivity index (χ1n) is 6.18. The van der Waals surface area contributed by atoms with Crippen LogP contribution in [0, 0.1) is 6.92 Å². The van der Waals surface area contributed by atoms with Crippen molar-refractivity contribution >= 4 is 0 Å². The molecule has 0 radical (unpaired) electrons. The summed E-state index contributed by atoms with van der Waals surface area (Å²) in [6, 6.07) is 9.26. The molecule has 3 heteroatoms. The van der Waals surface area contributed by atoms with Crippen molar-refractivity contribution in [3.05, 3.63) is 48.0 Å². The van der Waals surface area contributed by atoms with Gasteiger partial charge in [0.2, 0.25) is 0 Å². The summed E-state index contributed by atoms with van der Waals surface area (Å²) in [5, 5.41) is 3.54. The van der Waals surface area contributed by atoms with Crippen LogP contribution in [0.4, 0.5) is 0 Å². The molecule has 3 nitrogen and oxygen atoms in total. The number of nitrogens with one attached hydrogen (secondary N) is 1. The van der Waals surface area contributed by atoms with Gasteiger partial charge in [0.1, 0.15) is 5.82 Å². The van der Waals surface area contributed by atoms with Crippen LogP contribution in [-0.4, -0.2) is 16.1 Å². The van der Waals surface area contributed by atoms with Crippen molar-refractivity contribution in [3.63, 3.8) is 0 Å². The minimum atomic E-state index is 0.527. The normalized spacial score (nSPS) is 19.7. The lowest BCUT2D eigenvalue weighted by Crippen LogP contribution is -2.13. The van der Waals surface area contributed by atoms with Crippen molar-refractivity contribution in [2.45, 2.75) is 25.8 Å². The van der Waals surface area contributed by atoms with E-state index in [1.54, 1.807) is 0 Å². The molecule has 17 heavy (non-hydrogen) atoms. The first-order chi connectivity index (χ1) is 8.34.